The van der Waals surface area contributed by atoms with Crippen molar-refractivity contribution >= 4 is 20.0 Å². The minimum Gasteiger partial charge on any atom is -0.437 e. The van der Waals surface area contributed by atoms with Crippen molar-refractivity contribution in [2.75, 3.05) is 0 Å². The summed E-state index contributed by atoms with van der Waals surface area (Å²) in [6.45, 7) is 0. The summed E-state index contributed by atoms with van der Waals surface area (Å²) in [6, 6.07) is 25.6. The molecule has 0 aromatic heterocycles. The Morgan fingerprint density at radius 1 is 0.708 bits per heavy atom. The van der Waals surface area contributed by atoms with E-state index in [1.807, 2.05) is 60.7 Å². The molecule has 0 heterocycles. The number of benzene rings is 3. The highest BCUT2D eigenvalue weighted by atomic mass is 35.5. The smallest absolute Gasteiger partial charge is 0.326 e. The molecular formula is C19H16ClO3P. The second-order valence-corrected chi connectivity index (χ2v) is 6.88. The van der Waals surface area contributed by atoms with E-state index >= 15 is 0 Å². The minimum atomic E-state index is -1.65. The van der Waals surface area contributed by atoms with Crippen molar-refractivity contribution in [2.45, 2.75) is 5.85 Å². The van der Waals surface area contributed by atoms with Crippen LogP contribution in [0, 0.1) is 0 Å². The molecule has 0 aliphatic rings. The molecule has 1 N–H and O–H groups in total. The quantitative estimate of drug-likeness (QED) is 0.566. The van der Waals surface area contributed by atoms with Crippen molar-refractivity contribution in [2.24, 2.45) is 0 Å². The molecule has 0 saturated carbocycles. The first-order chi connectivity index (χ1) is 11.7. The van der Waals surface area contributed by atoms with Crippen LogP contribution in [0.1, 0.15) is 11.4 Å². The van der Waals surface area contributed by atoms with Gasteiger partial charge in [-0.2, -0.15) is 0 Å². The highest BCUT2D eigenvalue weighted by molar-refractivity contribution is 7.48. The Morgan fingerprint density at radius 2 is 1.17 bits per heavy atom. The van der Waals surface area contributed by atoms with Gasteiger partial charge in [-0.1, -0.05) is 60.1 Å². The summed E-state index contributed by atoms with van der Waals surface area (Å²) in [5.74, 6) is 0.387. The first-order valence-electron chi connectivity index (χ1n) is 7.41. The van der Waals surface area contributed by atoms with Crippen molar-refractivity contribution in [3.8, 4) is 11.5 Å². The van der Waals surface area contributed by atoms with Gasteiger partial charge in [-0.15, -0.1) is 0 Å². The van der Waals surface area contributed by atoms with Crippen LogP contribution in [-0.2, 0) is 0 Å². The highest BCUT2D eigenvalue weighted by Crippen LogP contribution is 2.51. The number of aliphatic hydroxyl groups excluding tert-OH is 1. The van der Waals surface area contributed by atoms with Crippen molar-refractivity contribution in [3.63, 3.8) is 0 Å². The Balaban J connectivity index is 1.84. The Kier molecular flexibility index (Phi) is 5.71. The second-order valence-electron chi connectivity index (χ2n) is 5.02. The summed E-state index contributed by atoms with van der Waals surface area (Å²) in [6.07, 6.45) is 0. The molecule has 24 heavy (non-hydrogen) atoms. The first kappa shape index (κ1) is 16.8. The van der Waals surface area contributed by atoms with Crippen LogP contribution in [0.2, 0.25) is 5.02 Å². The number of aliphatic hydroxyl groups is 1. The Morgan fingerprint density at radius 3 is 1.62 bits per heavy atom. The zero-order chi connectivity index (χ0) is 16.8. The third-order valence-corrected chi connectivity index (χ3v) is 4.98. The molecule has 3 aromatic carbocycles. The molecule has 3 rings (SSSR count). The van der Waals surface area contributed by atoms with E-state index in [9.17, 15) is 5.11 Å². The number of halogens is 1. The molecule has 0 amide bonds. The van der Waals surface area contributed by atoms with E-state index in [4.69, 9.17) is 20.6 Å². The molecule has 0 bridgehead atoms. The van der Waals surface area contributed by atoms with Crippen LogP contribution in [0.3, 0.4) is 0 Å². The molecule has 0 fully saturated rings. The molecule has 3 aromatic rings. The van der Waals surface area contributed by atoms with Crippen LogP contribution >= 0.6 is 20.0 Å². The lowest BCUT2D eigenvalue weighted by atomic mass is 10.2. The van der Waals surface area contributed by atoms with Crippen LogP contribution in [0.4, 0.5) is 0 Å². The largest absolute Gasteiger partial charge is 0.437 e. The average Bonchev–Trinajstić information content (AvgIpc) is 2.63. The molecule has 0 spiro atoms. The van der Waals surface area contributed by atoms with E-state index < -0.39 is 14.2 Å². The van der Waals surface area contributed by atoms with Gasteiger partial charge in [-0.3, -0.25) is 0 Å². The number of rotatable bonds is 6. The zero-order valence-corrected chi connectivity index (χ0v) is 14.4. The summed E-state index contributed by atoms with van der Waals surface area (Å²) in [5, 5.41) is 11.3. The molecule has 3 nitrogen and oxygen atoms in total. The molecule has 0 aliphatic carbocycles. The summed E-state index contributed by atoms with van der Waals surface area (Å²) in [5.41, 5.74) is 0.692. The van der Waals surface area contributed by atoms with E-state index in [0.717, 1.165) is 0 Å². The van der Waals surface area contributed by atoms with Gasteiger partial charge in [0.15, 0.2) is 5.85 Å². The van der Waals surface area contributed by atoms with Crippen molar-refractivity contribution < 1.29 is 14.2 Å². The van der Waals surface area contributed by atoms with Gasteiger partial charge in [0.1, 0.15) is 11.5 Å². The topological polar surface area (TPSA) is 38.7 Å². The van der Waals surface area contributed by atoms with Crippen LogP contribution in [0.15, 0.2) is 84.9 Å². The van der Waals surface area contributed by atoms with Crippen LogP contribution in [-0.4, -0.2) is 5.11 Å². The molecule has 1 unspecified atom stereocenters. The van der Waals surface area contributed by atoms with Gasteiger partial charge in [0.25, 0.3) is 0 Å². The van der Waals surface area contributed by atoms with Crippen LogP contribution in [0.25, 0.3) is 0 Å². The minimum absolute atomic E-state index is 0.614. The maximum absolute atomic E-state index is 10.7. The lowest BCUT2D eigenvalue weighted by molar-refractivity contribution is 0.237. The molecular weight excluding hydrogens is 343 g/mol. The van der Waals surface area contributed by atoms with Gasteiger partial charge in [0, 0.05) is 5.02 Å². The van der Waals surface area contributed by atoms with Gasteiger partial charge in [0.05, 0.1) is 0 Å². The molecule has 122 valence electrons. The maximum Gasteiger partial charge on any atom is 0.326 e. The van der Waals surface area contributed by atoms with Gasteiger partial charge >= 0.3 is 8.38 Å². The average molecular weight is 359 g/mol. The third kappa shape index (κ3) is 4.48. The van der Waals surface area contributed by atoms with Crippen molar-refractivity contribution in [1.82, 2.24) is 0 Å². The van der Waals surface area contributed by atoms with E-state index in [1.54, 1.807) is 24.3 Å². The first-order valence-corrected chi connectivity index (χ1v) is 9.03. The van der Waals surface area contributed by atoms with Gasteiger partial charge < -0.3 is 14.2 Å². The summed E-state index contributed by atoms with van der Waals surface area (Å²) < 4.78 is 11.8. The number of hydrogen-bond donors (Lipinski definition) is 1. The molecule has 0 radical (unpaired) electrons. The normalized spacial score (nSPS) is 12.0. The lowest BCUT2D eigenvalue weighted by Gasteiger charge is -2.23. The summed E-state index contributed by atoms with van der Waals surface area (Å²) >= 11 is 5.92. The Bertz CT molecular complexity index is 709. The number of para-hydroxylation sites is 2. The lowest BCUT2D eigenvalue weighted by Crippen LogP contribution is -2.05. The second kappa shape index (κ2) is 8.16. The monoisotopic (exact) mass is 358 g/mol. The van der Waals surface area contributed by atoms with E-state index in [2.05, 4.69) is 0 Å². The van der Waals surface area contributed by atoms with Crippen LogP contribution < -0.4 is 9.05 Å². The van der Waals surface area contributed by atoms with Gasteiger partial charge in [-0.05, 0) is 42.0 Å². The predicted octanol–water partition coefficient (Wildman–Crippen LogP) is 5.80. The standard InChI is InChI=1S/C19H16ClO3P/c20-16-13-11-15(12-14-16)19(21)24(22-17-7-3-1-4-8-17)23-18-9-5-2-6-10-18/h1-14,19,21H. The molecule has 0 saturated heterocycles. The van der Waals surface area contributed by atoms with Crippen molar-refractivity contribution in [3.05, 3.63) is 95.5 Å². The fourth-order valence-electron chi connectivity index (χ4n) is 2.05. The zero-order valence-electron chi connectivity index (χ0n) is 12.7. The molecule has 1 atom stereocenters. The SMILES string of the molecule is OC(c1ccc(Cl)cc1)P(Oc1ccccc1)Oc1ccccc1. The summed E-state index contributed by atoms with van der Waals surface area (Å²) in [4.78, 5) is 0. The molecule has 0 aliphatic heterocycles. The Hall–Kier alpha value is -2.06. The summed E-state index contributed by atoms with van der Waals surface area (Å²) in [7, 11) is -1.65. The Labute approximate surface area is 147 Å². The fraction of sp³-hybridized carbons (Fsp3) is 0.0526. The van der Waals surface area contributed by atoms with Gasteiger partial charge in [0.2, 0.25) is 0 Å². The van der Waals surface area contributed by atoms with E-state index in [1.165, 1.54) is 0 Å². The predicted molar refractivity (Wildman–Crippen MR) is 97.5 cm³/mol. The maximum atomic E-state index is 10.7. The van der Waals surface area contributed by atoms with Crippen molar-refractivity contribution in [1.29, 1.82) is 0 Å². The third-order valence-electron chi connectivity index (χ3n) is 3.25. The molecule has 5 heteroatoms. The fourth-order valence-corrected chi connectivity index (χ4v) is 3.48. The highest BCUT2D eigenvalue weighted by Gasteiger charge is 2.27. The van der Waals surface area contributed by atoms with E-state index in [-0.39, 0.29) is 0 Å². The van der Waals surface area contributed by atoms with Gasteiger partial charge in [-0.25, -0.2) is 0 Å². The number of hydrogen-bond acceptors (Lipinski definition) is 3. The van der Waals surface area contributed by atoms with E-state index in [0.29, 0.717) is 22.1 Å². The van der Waals surface area contributed by atoms with Crippen LogP contribution in [0.5, 0.6) is 11.5 Å².